The summed E-state index contributed by atoms with van der Waals surface area (Å²) < 4.78 is 15.8. The van der Waals surface area contributed by atoms with Crippen molar-refractivity contribution in [3.63, 3.8) is 0 Å². The van der Waals surface area contributed by atoms with Crippen LogP contribution >= 0.6 is 11.6 Å². The van der Waals surface area contributed by atoms with Gasteiger partial charge >= 0.3 is 0 Å². The van der Waals surface area contributed by atoms with E-state index in [0.717, 1.165) is 12.2 Å². The Hall–Kier alpha value is -2.71. The fourth-order valence-electron chi connectivity index (χ4n) is 2.40. The SMILES string of the molecule is CCn1cc(Nc2ncc(Cl)c(N[C@H](CO)c3ccccc3F)n2)cn1. The molecule has 7 nitrogen and oxygen atoms in total. The lowest BCUT2D eigenvalue weighted by atomic mass is 10.1. The van der Waals surface area contributed by atoms with Crippen LogP contribution in [0.15, 0.2) is 42.9 Å². The summed E-state index contributed by atoms with van der Waals surface area (Å²) >= 11 is 6.15. The van der Waals surface area contributed by atoms with E-state index in [9.17, 15) is 9.50 Å². The highest BCUT2D eigenvalue weighted by atomic mass is 35.5. The van der Waals surface area contributed by atoms with Crippen LogP contribution in [0.5, 0.6) is 0 Å². The van der Waals surface area contributed by atoms with Gasteiger partial charge in [0, 0.05) is 18.3 Å². The molecule has 3 aromatic rings. The number of benzene rings is 1. The summed E-state index contributed by atoms with van der Waals surface area (Å²) in [4.78, 5) is 8.43. The van der Waals surface area contributed by atoms with Crippen molar-refractivity contribution in [3.05, 3.63) is 59.3 Å². The highest BCUT2D eigenvalue weighted by Gasteiger charge is 2.17. The molecular weight excluding hydrogens is 359 g/mol. The van der Waals surface area contributed by atoms with E-state index < -0.39 is 11.9 Å². The van der Waals surface area contributed by atoms with Crippen LogP contribution in [0, 0.1) is 5.82 Å². The number of hydrogen-bond donors (Lipinski definition) is 3. The molecule has 0 radical (unpaired) electrons. The van der Waals surface area contributed by atoms with Gasteiger partial charge in [0.05, 0.1) is 30.7 Å². The minimum atomic E-state index is -0.695. The van der Waals surface area contributed by atoms with Crippen LogP contribution < -0.4 is 10.6 Å². The Morgan fingerprint density at radius 3 is 2.81 bits per heavy atom. The van der Waals surface area contributed by atoms with E-state index in [1.165, 1.54) is 12.3 Å². The maximum absolute atomic E-state index is 14.0. The van der Waals surface area contributed by atoms with Crippen molar-refractivity contribution in [1.29, 1.82) is 0 Å². The number of rotatable bonds is 7. The molecule has 0 saturated carbocycles. The van der Waals surface area contributed by atoms with E-state index in [1.54, 1.807) is 29.1 Å². The molecular formula is C17H18ClFN6O. The van der Waals surface area contributed by atoms with E-state index in [-0.39, 0.29) is 17.4 Å². The second-order valence-corrected chi connectivity index (χ2v) is 5.91. The minimum absolute atomic E-state index is 0.259. The number of aryl methyl sites for hydroxylation is 1. The van der Waals surface area contributed by atoms with Crippen LogP contribution in [0.4, 0.5) is 21.8 Å². The average Bonchev–Trinajstić information content (AvgIpc) is 3.10. The first-order valence-electron chi connectivity index (χ1n) is 8.04. The van der Waals surface area contributed by atoms with Gasteiger partial charge in [-0.05, 0) is 13.0 Å². The van der Waals surface area contributed by atoms with Crippen molar-refractivity contribution < 1.29 is 9.50 Å². The molecule has 0 bridgehead atoms. The van der Waals surface area contributed by atoms with Gasteiger partial charge in [-0.1, -0.05) is 29.8 Å². The molecule has 9 heteroatoms. The normalized spacial score (nSPS) is 12.0. The van der Waals surface area contributed by atoms with Gasteiger partial charge in [0.25, 0.3) is 0 Å². The standard InChI is InChI=1S/C17H18ClFN6O/c1-2-25-9-11(7-21-25)22-17-20-8-13(18)16(24-17)23-15(10-26)12-5-3-4-6-14(12)19/h3-9,15,26H,2,10H2,1H3,(H2,20,22,23,24)/t15-/m1/s1. The summed E-state index contributed by atoms with van der Waals surface area (Å²) in [6, 6.07) is 5.52. The minimum Gasteiger partial charge on any atom is -0.394 e. The number of halogens is 2. The molecule has 2 aromatic heterocycles. The summed E-state index contributed by atoms with van der Waals surface area (Å²) in [5.41, 5.74) is 1.05. The highest BCUT2D eigenvalue weighted by molar-refractivity contribution is 6.32. The third kappa shape index (κ3) is 4.09. The van der Waals surface area contributed by atoms with Crippen molar-refractivity contribution in [2.75, 3.05) is 17.2 Å². The number of aromatic nitrogens is 4. The molecule has 3 rings (SSSR count). The predicted molar refractivity (Wildman–Crippen MR) is 98.1 cm³/mol. The Morgan fingerprint density at radius 1 is 1.31 bits per heavy atom. The fourth-order valence-corrected chi connectivity index (χ4v) is 2.55. The molecule has 0 spiro atoms. The molecule has 1 aromatic carbocycles. The molecule has 0 unspecified atom stereocenters. The highest BCUT2D eigenvalue weighted by Crippen LogP contribution is 2.26. The summed E-state index contributed by atoms with van der Waals surface area (Å²) in [5, 5.41) is 20.1. The molecule has 26 heavy (non-hydrogen) atoms. The topological polar surface area (TPSA) is 87.9 Å². The van der Waals surface area contributed by atoms with Gasteiger partial charge < -0.3 is 15.7 Å². The monoisotopic (exact) mass is 376 g/mol. The van der Waals surface area contributed by atoms with E-state index in [4.69, 9.17) is 11.6 Å². The number of nitrogens with zero attached hydrogens (tertiary/aromatic N) is 4. The number of anilines is 3. The fraction of sp³-hybridized carbons (Fsp3) is 0.235. The first-order chi connectivity index (χ1) is 12.6. The Morgan fingerprint density at radius 2 is 2.12 bits per heavy atom. The number of aliphatic hydroxyl groups is 1. The largest absolute Gasteiger partial charge is 0.394 e. The number of aliphatic hydroxyl groups excluding tert-OH is 1. The van der Waals surface area contributed by atoms with Crippen LogP contribution in [0.1, 0.15) is 18.5 Å². The quantitative estimate of drug-likeness (QED) is 0.586. The summed E-state index contributed by atoms with van der Waals surface area (Å²) in [6.45, 7) is 2.40. The molecule has 0 amide bonds. The maximum atomic E-state index is 14.0. The van der Waals surface area contributed by atoms with Crippen molar-refractivity contribution in [3.8, 4) is 0 Å². The van der Waals surface area contributed by atoms with Crippen molar-refractivity contribution >= 4 is 29.1 Å². The van der Waals surface area contributed by atoms with Crippen LogP contribution in [0.3, 0.4) is 0 Å². The molecule has 0 aliphatic rings. The second kappa shape index (κ2) is 8.11. The third-order valence-electron chi connectivity index (χ3n) is 3.73. The zero-order valence-corrected chi connectivity index (χ0v) is 14.8. The van der Waals surface area contributed by atoms with Gasteiger partial charge in [0.15, 0.2) is 5.82 Å². The first kappa shape index (κ1) is 18.1. The van der Waals surface area contributed by atoms with Crippen molar-refractivity contribution in [2.24, 2.45) is 0 Å². The van der Waals surface area contributed by atoms with E-state index >= 15 is 0 Å². The zero-order chi connectivity index (χ0) is 18.5. The van der Waals surface area contributed by atoms with Crippen LogP contribution in [0.25, 0.3) is 0 Å². The van der Waals surface area contributed by atoms with Crippen LogP contribution in [-0.2, 0) is 6.54 Å². The van der Waals surface area contributed by atoms with Gasteiger partial charge in [-0.15, -0.1) is 0 Å². The second-order valence-electron chi connectivity index (χ2n) is 5.50. The Kier molecular flexibility index (Phi) is 5.65. The van der Waals surface area contributed by atoms with Gasteiger partial charge in [0.1, 0.15) is 10.8 Å². The summed E-state index contributed by atoms with van der Waals surface area (Å²) in [5.74, 6) is 0.168. The van der Waals surface area contributed by atoms with Gasteiger partial charge in [-0.2, -0.15) is 10.1 Å². The lowest BCUT2D eigenvalue weighted by Gasteiger charge is -2.19. The van der Waals surface area contributed by atoms with Crippen LogP contribution in [0.2, 0.25) is 5.02 Å². The zero-order valence-electron chi connectivity index (χ0n) is 14.0. The van der Waals surface area contributed by atoms with Crippen molar-refractivity contribution in [2.45, 2.75) is 19.5 Å². The van der Waals surface area contributed by atoms with E-state index in [1.807, 2.05) is 13.1 Å². The molecule has 1 atom stereocenters. The molecule has 0 aliphatic carbocycles. The Balaban J connectivity index is 1.81. The maximum Gasteiger partial charge on any atom is 0.229 e. The molecule has 136 valence electrons. The average molecular weight is 377 g/mol. The van der Waals surface area contributed by atoms with Gasteiger partial charge in [-0.3, -0.25) is 4.68 Å². The van der Waals surface area contributed by atoms with Crippen molar-refractivity contribution in [1.82, 2.24) is 19.7 Å². The Bertz CT molecular complexity index is 887. The molecule has 0 fully saturated rings. The predicted octanol–water partition coefficient (Wildman–Crippen LogP) is 3.37. The molecule has 2 heterocycles. The smallest absolute Gasteiger partial charge is 0.229 e. The van der Waals surface area contributed by atoms with E-state index in [2.05, 4.69) is 25.7 Å². The van der Waals surface area contributed by atoms with Gasteiger partial charge in [0.2, 0.25) is 5.95 Å². The van der Waals surface area contributed by atoms with E-state index in [0.29, 0.717) is 11.5 Å². The summed E-state index contributed by atoms with van der Waals surface area (Å²) in [7, 11) is 0. The van der Waals surface area contributed by atoms with Gasteiger partial charge in [-0.25, -0.2) is 9.37 Å². The first-order valence-corrected chi connectivity index (χ1v) is 8.42. The third-order valence-corrected chi connectivity index (χ3v) is 4.01. The number of hydrogen-bond acceptors (Lipinski definition) is 6. The molecule has 3 N–H and O–H groups in total. The lowest BCUT2D eigenvalue weighted by molar-refractivity contribution is 0.273. The lowest BCUT2D eigenvalue weighted by Crippen LogP contribution is -2.17. The summed E-state index contributed by atoms with van der Waals surface area (Å²) in [6.07, 6.45) is 4.91. The molecule has 0 saturated heterocycles. The Labute approximate surface area is 154 Å². The number of nitrogens with one attached hydrogen (secondary N) is 2. The van der Waals surface area contributed by atoms with Crippen LogP contribution in [-0.4, -0.2) is 31.5 Å². The molecule has 0 aliphatic heterocycles.